The highest BCUT2D eigenvalue weighted by atomic mass is 16.6. The summed E-state index contributed by atoms with van der Waals surface area (Å²) in [7, 11) is 0. The Morgan fingerprint density at radius 2 is 0.963 bits per heavy atom. The van der Waals surface area contributed by atoms with Gasteiger partial charge in [0.1, 0.15) is 13.2 Å². The number of hydrogen-bond acceptors (Lipinski definition) is 9. The van der Waals surface area contributed by atoms with Crippen LogP contribution in [0.25, 0.3) is 0 Å². The van der Waals surface area contributed by atoms with Gasteiger partial charge in [-0.05, 0) is 13.3 Å². The summed E-state index contributed by atoms with van der Waals surface area (Å²) in [6.07, 6.45) is 1.85. The molecule has 0 radical (unpaired) electrons. The van der Waals surface area contributed by atoms with Crippen LogP contribution < -0.4 is 0 Å². The lowest BCUT2D eigenvalue weighted by Gasteiger charge is -2.08. The zero-order chi connectivity index (χ0) is 20.0. The number of rotatable bonds is 20. The molecule has 0 heterocycles. The van der Waals surface area contributed by atoms with Crippen LogP contribution in [0, 0.1) is 0 Å². The summed E-state index contributed by atoms with van der Waals surface area (Å²) in [5, 5.41) is 0. The third-order valence-corrected chi connectivity index (χ3v) is 2.99. The molecule has 0 bridgehead atoms. The molecule has 0 aromatic heterocycles. The van der Waals surface area contributed by atoms with Gasteiger partial charge in [-0.3, -0.25) is 0 Å². The molecule has 160 valence electrons. The van der Waals surface area contributed by atoms with E-state index in [1.54, 1.807) is 6.92 Å². The van der Waals surface area contributed by atoms with Crippen LogP contribution in [0.4, 0.5) is 0 Å². The quantitative estimate of drug-likeness (QED) is 0.221. The highest BCUT2D eigenvalue weighted by Gasteiger charge is 2.02. The lowest BCUT2D eigenvalue weighted by molar-refractivity contribution is -0.150. The van der Waals surface area contributed by atoms with E-state index in [9.17, 15) is 9.59 Å². The maximum Gasteiger partial charge on any atom is 0.332 e. The van der Waals surface area contributed by atoms with E-state index in [0.717, 1.165) is 12.8 Å². The van der Waals surface area contributed by atoms with Crippen LogP contribution in [0.2, 0.25) is 0 Å². The second-order valence-corrected chi connectivity index (χ2v) is 5.32. The fraction of sp³-hybridized carbons (Fsp3) is 0.889. The Bertz CT molecular complexity index is 350. The molecule has 0 saturated heterocycles. The van der Waals surface area contributed by atoms with Crippen molar-refractivity contribution in [3.63, 3.8) is 0 Å². The van der Waals surface area contributed by atoms with Crippen LogP contribution in [-0.4, -0.2) is 91.2 Å². The van der Waals surface area contributed by atoms with Crippen LogP contribution in [0.3, 0.4) is 0 Å². The highest BCUT2D eigenvalue weighted by Crippen LogP contribution is 1.90. The smallest absolute Gasteiger partial charge is 0.332 e. The molecule has 0 rings (SSSR count). The first-order chi connectivity index (χ1) is 13.2. The van der Waals surface area contributed by atoms with E-state index < -0.39 is 0 Å². The minimum Gasteiger partial charge on any atom is -0.464 e. The van der Waals surface area contributed by atoms with Gasteiger partial charge in [-0.1, -0.05) is 13.3 Å². The second kappa shape index (κ2) is 21.0. The summed E-state index contributed by atoms with van der Waals surface area (Å²) in [4.78, 5) is 22.2. The maximum absolute atomic E-state index is 11.2. The number of carbonyl (C=O) groups excluding carboxylic acids is 2. The Hall–Kier alpha value is -1.26. The number of ether oxygens (including phenoxy) is 7. The van der Waals surface area contributed by atoms with E-state index in [1.807, 2.05) is 6.92 Å². The van der Waals surface area contributed by atoms with Gasteiger partial charge in [0.15, 0.2) is 0 Å². The van der Waals surface area contributed by atoms with Gasteiger partial charge in [0.2, 0.25) is 0 Å². The molecule has 0 aliphatic heterocycles. The molecule has 0 aromatic rings. The van der Waals surface area contributed by atoms with Crippen LogP contribution >= 0.6 is 0 Å². The van der Waals surface area contributed by atoms with Gasteiger partial charge in [-0.2, -0.15) is 0 Å². The predicted molar refractivity (Wildman–Crippen MR) is 96.6 cm³/mol. The van der Waals surface area contributed by atoms with E-state index in [2.05, 4.69) is 0 Å². The summed E-state index contributed by atoms with van der Waals surface area (Å²) >= 11 is 0. The average molecular weight is 394 g/mol. The summed E-state index contributed by atoms with van der Waals surface area (Å²) in [6, 6.07) is 0. The van der Waals surface area contributed by atoms with Crippen molar-refractivity contribution in [2.24, 2.45) is 0 Å². The van der Waals surface area contributed by atoms with Crippen molar-refractivity contribution in [1.82, 2.24) is 0 Å². The SMILES string of the molecule is CCCCOC(=O)COCCOCCOCCOCCOCC(=O)OCC. The number of carbonyl (C=O) groups is 2. The molecular weight excluding hydrogens is 360 g/mol. The van der Waals surface area contributed by atoms with Gasteiger partial charge in [0, 0.05) is 0 Å². The van der Waals surface area contributed by atoms with E-state index in [-0.39, 0.29) is 25.2 Å². The van der Waals surface area contributed by atoms with Crippen LogP contribution in [-0.2, 0) is 42.7 Å². The first kappa shape index (κ1) is 25.7. The van der Waals surface area contributed by atoms with Crippen molar-refractivity contribution >= 4 is 11.9 Å². The topological polar surface area (TPSA) is 98.8 Å². The maximum atomic E-state index is 11.2. The summed E-state index contributed by atoms with van der Waals surface area (Å²) in [6.45, 7) is 7.65. The third kappa shape index (κ3) is 20.9. The predicted octanol–water partition coefficient (Wildman–Crippen LogP) is 0.976. The Balaban J connectivity index is 3.12. The highest BCUT2D eigenvalue weighted by molar-refractivity contribution is 5.70. The van der Waals surface area contributed by atoms with Crippen LogP contribution in [0.15, 0.2) is 0 Å². The van der Waals surface area contributed by atoms with Gasteiger partial charge in [-0.25, -0.2) is 9.59 Å². The van der Waals surface area contributed by atoms with Gasteiger partial charge in [-0.15, -0.1) is 0 Å². The molecule has 0 unspecified atom stereocenters. The Kier molecular flexibility index (Phi) is 20.1. The first-order valence-electron chi connectivity index (χ1n) is 9.40. The van der Waals surface area contributed by atoms with Gasteiger partial charge < -0.3 is 33.2 Å². The second-order valence-electron chi connectivity index (χ2n) is 5.32. The van der Waals surface area contributed by atoms with E-state index in [0.29, 0.717) is 66.1 Å². The zero-order valence-corrected chi connectivity index (χ0v) is 16.6. The molecule has 9 heteroatoms. The molecule has 0 aliphatic rings. The minimum atomic E-state index is -0.377. The molecule has 0 aromatic carbocycles. The molecule has 0 amide bonds. The Labute approximate surface area is 161 Å². The van der Waals surface area contributed by atoms with Crippen molar-refractivity contribution in [3.05, 3.63) is 0 Å². The summed E-state index contributed by atoms with van der Waals surface area (Å²) < 4.78 is 35.8. The summed E-state index contributed by atoms with van der Waals surface area (Å²) in [5.74, 6) is -0.726. The van der Waals surface area contributed by atoms with Crippen molar-refractivity contribution in [3.8, 4) is 0 Å². The molecule has 0 atom stereocenters. The number of unbranched alkanes of at least 4 members (excludes halogenated alkanes) is 1. The molecule has 0 saturated carbocycles. The Morgan fingerprint density at radius 3 is 1.37 bits per heavy atom. The monoisotopic (exact) mass is 394 g/mol. The van der Waals surface area contributed by atoms with Gasteiger partial charge in [0.05, 0.1) is 66.1 Å². The summed E-state index contributed by atoms with van der Waals surface area (Å²) in [5.41, 5.74) is 0. The molecular formula is C18H34O9. The fourth-order valence-corrected chi connectivity index (χ4v) is 1.66. The van der Waals surface area contributed by atoms with Crippen LogP contribution in [0.1, 0.15) is 26.7 Å². The molecule has 0 aliphatic carbocycles. The Morgan fingerprint density at radius 1 is 0.556 bits per heavy atom. The molecule has 9 nitrogen and oxygen atoms in total. The number of hydrogen-bond donors (Lipinski definition) is 0. The largest absolute Gasteiger partial charge is 0.464 e. The van der Waals surface area contributed by atoms with E-state index >= 15 is 0 Å². The zero-order valence-electron chi connectivity index (χ0n) is 16.6. The molecule has 0 spiro atoms. The van der Waals surface area contributed by atoms with Crippen LogP contribution in [0.5, 0.6) is 0 Å². The standard InChI is InChI=1S/C18H34O9/c1-3-5-6-27-18(20)16-25-14-12-23-10-8-21-7-9-22-11-13-24-15-17(19)26-4-2/h3-16H2,1-2H3. The number of esters is 2. The van der Waals surface area contributed by atoms with Crippen molar-refractivity contribution < 1.29 is 42.7 Å². The third-order valence-electron chi connectivity index (χ3n) is 2.99. The van der Waals surface area contributed by atoms with Crippen molar-refractivity contribution in [1.29, 1.82) is 0 Å². The van der Waals surface area contributed by atoms with Gasteiger partial charge >= 0.3 is 11.9 Å². The molecule has 27 heavy (non-hydrogen) atoms. The average Bonchev–Trinajstić information content (AvgIpc) is 2.65. The normalized spacial score (nSPS) is 10.7. The lowest BCUT2D eigenvalue weighted by Crippen LogP contribution is -2.17. The molecule has 0 fully saturated rings. The fourth-order valence-electron chi connectivity index (χ4n) is 1.66. The van der Waals surface area contributed by atoms with E-state index in [4.69, 9.17) is 33.2 Å². The minimum absolute atomic E-state index is 0.0512. The van der Waals surface area contributed by atoms with E-state index in [1.165, 1.54) is 0 Å². The van der Waals surface area contributed by atoms with Gasteiger partial charge in [0.25, 0.3) is 0 Å². The first-order valence-corrected chi connectivity index (χ1v) is 9.40. The lowest BCUT2D eigenvalue weighted by atomic mass is 10.4. The van der Waals surface area contributed by atoms with Crippen molar-refractivity contribution in [2.45, 2.75) is 26.7 Å². The molecule has 0 N–H and O–H groups in total. The van der Waals surface area contributed by atoms with Crippen molar-refractivity contribution in [2.75, 3.05) is 79.3 Å².